The summed E-state index contributed by atoms with van der Waals surface area (Å²) in [6.45, 7) is 2.47. The predicted molar refractivity (Wildman–Crippen MR) is 122 cm³/mol. The Bertz CT molecular complexity index is 1010. The van der Waals surface area contributed by atoms with E-state index in [4.69, 9.17) is 24.4 Å². The van der Waals surface area contributed by atoms with Gasteiger partial charge in [-0.05, 0) is 48.1 Å². The number of carboxylic acid groups (broad SMARTS) is 2. The summed E-state index contributed by atoms with van der Waals surface area (Å²) >= 11 is 0. The number of benzene rings is 2. The molecule has 0 bridgehead atoms. The Labute approximate surface area is 192 Å². The van der Waals surface area contributed by atoms with Gasteiger partial charge in [0, 0.05) is 25.2 Å². The van der Waals surface area contributed by atoms with E-state index < -0.39 is 11.9 Å². The zero-order valence-electron chi connectivity index (χ0n) is 18.2. The van der Waals surface area contributed by atoms with Gasteiger partial charge in [0.15, 0.2) is 11.5 Å². The predicted octanol–water partition coefficient (Wildman–Crippen LogP) is 3.86. The highest BCUT2D eigenvalue weighted by Gasteiger charge is 2.18. The van der Waals surface area contributed by atoms with Crippen molar-refractivity contribution in [3.63, 3.8) is 0 Å². The Morgan fingerprint density at radius 3 is 2.58 bits per heavy atom. The van der Waals surface area contributed by atoms with Crippen molar-refractivity contribution in [2.45, 2.75) is 25.8 Å². The molecule has 0 atom stereocenters. The highest BCUT2D eigenvalue weighted by molar-refractivity contribution is 5.89. The topological polar surface area (TPSA) is 114 Å². The maximum Gasteiger partial charge on any atom is 0.328 e. The number of rotatable bonds is 9. The molecule has 0 aromatic heterocycles. The Balaban J connectivity index is 0.000000331. The summed E-state index contributed by atoms with van der Waals surface area (Å²) in [6, 6.07) is 14.5. The van der Waals surface area contributed by atoms with E-state index in [9.17, 15) is 9.59 Å². The van der Waals surface area contributed by atoms with E-state index in [1.165, 1.54) is 36.0 Å². The van der Waals surface area contributed by atoms with Crippen molar-refractivity contribution in [3.05, 3.63) is 71.8 Å². The monoisotopic (exact) mass is 453 g/mol. The fraction of sp³-hybridized carbons (Fsp3) is 0.280. The lowest BCUT2D eigenvalue weighted by atomic mass is 10.0. The highest BCUT2D eigenvalue weighted by Crippen LogP contribution is 2.40. The molecule has 3 N–H and O–H groups in total. The molecule has 0 fully saturated rings. The standard InChI is InChI=1S/C21H23NO3.C4H4O4/c1-2-7-17(6-1)18-8-3-5-16(13-18)14-22-11-12-23-19-9-4-10-20-21(19)25-15-24-20;5-3(6)1-2-4(7)8/h3-6,8-10,13,22H,1-2,7,11-12,14-15H2;1-2H,(H,5,6)(H,7,8)/b;2-1+. The lowest BCUT2D eigenvalue weighted by molar-refractivity contribution is -0.134. The number of carboxylic acids is 2. The molecule has 0 radical (unpaired) electrons. The summed E-state index contributed by atoms with van der Waals surface area (Å²) < 4.78 is 16.6. The molecule has 0 unspecified atom stereocenters. The molecule has 2 aromatic carbocycles. The maximum atomic E-state index is 9.55. The smallest absolute Gasteiger partial charge is 0.328 e. The third kappa shape index (κ3) is 7.69. The van der Waals surface area contributed by atoms with Crippen LogP contribution >= 0.6 is 0 Å². The third-order valence-corrected chi connectivity index (χ3v) is 4.93. The average molecular weight is 453 g/mol. The van der Waals surface area contributed by atoms with Gasteiger partial charge in [0.1, 0.15) is 6.61 Å². The Hall–Kier alpha value is -3.78. The molecule has 33 heavy (non-hydrogen) atoms. The van der Waals surface area contributed by atoms with Crippen LogP contribution in [0.15, 0.2) is 60.7 Å². The maximum absolute atomic E-state index is 9.55. The Morgan fingerprint density at radius 1 is 1.06 bits per heavy atom. The number of allylic oxidation sites excluding steroid dienone is 2. The van der Waals surface area contributed by atoms with Gasteiger partial charge in [-0.1, -0.05) is 36.4 Å². The second kappa shape index (κ2) is 12.3. The van der Waals surface area contributed by atoms with Gasteiger partial charge in [-0.3, -0.25) is 0 Å². The molecule has 1 heterocycles. The minimum Gasteiger partial charge on any atom is -0.488 e. The molecule has 0 saturated heterocycles. The number of ether oxygens (including phenoxy) is 3. The normalized spacial score (nSPS) is 13.9. The molecule has 4 rings (SSSR count). The summed E-state index contributed by atoms with van der Waals surface area (Å²) in [5.74, 6) is -0.310. The number of nitrogens with one attached hydrogen (secondary N) is 1. The van der Waals surface area contributed by atoms with Crippen molar-refractivity contribution in [2.75, 3.05) is 19.9 Å². The SMILES string of the molecule is C1=C(c2cccc(CNCCOc3cccc4c3OCO4)c2)CCC1.O=C(O)/C=C/C(=O)O. The van der Waals surface area contributed by atoms with Crippen LogP contribution < -0.4 is 19.5 Å². The van der Waals surface area contributed by atoms with Gasteiger partial charge in [0.05, 0.1) is 0 Å². The molecule has 0 amide bonds. The molecule has 8 nitrogen and oxygen atoms in total. The summed E-state index contributed by atoms with van der Waals surface area (Å²) in [7, 11) is 0. The number of para-hydroxylation sites is 1. The first-order valence-electron chi connectivity index (χ1n) is 10.7. The zero-order chi connectivity index (χ0) is 23.5. The van der Waals surface area contributed by atoms with Crippen molar-refractivity contribution < 1.29 is 34.0 Å². The summed E-state index contributed by atoms with van der Waals surface area (Å²) in [4.78, 5) is 19.1. The fourth-order valence-corrected chi connectivity index (χ4v) is 3.44. The largest absolute Gasteiger partial charge is 0.488 e. The van der Waals surface area contributed by atoms with E-state index in [0.717, 1.165) is 24.6 Å². The minimum absolute atomic E-state index is 0.265. The molecule has 174 valence electrons. The van der Waals surface area contributed by atoms with Gasteiger partial charge >= 0.3 is 11.9 Å². The molecule has 2 aliphatic rings. The lowest BCUT2D eigenvalue weighted by Crippen LogP contribution is -2.20. The molecule has 1 aliphatic heterocycles. The van der Waals surface area contributed by atoms with E-state index >= 15 is 0 Å². The van der Waals surface area contributed by atoms with Crippen LogP contribution in [0.5, 0.6) is 17.2 Å². The van der Waals surface area contributed by atoms with Crippen LogP contribution in [-0.4, -0.2) is 42.1 Å². The Kier molecular flexibility index (Phi) is 8.90. The van der Waals surface area contributed by atoms with Gasteiger partial charge in [-0.15, -0.1) is 0 Å². The second-order valence-electron chi connectivity index (χ2n) is 7.35. The van der Waals surface area contributed by atoms with Crippen LogP contribution in [0.4, 0.5) is 0 Å². The number of carbonyl (C=O) groups is 2. The molecule has 0 saturated carbocycles. The van der Waals surface area contributed by atoms with Crippen LogP contribution in [0.2, 0.25) is 0 Å². The molecular weight excluding hydrogens is 426 g/mol. The fourth-order valence-electron chi connectivity index (χ4n) is 3.44. The van der Waals surface area contributed by atoms with E-state index in [-0.39, 0.29) is 6.79 Å². The van der Waals surface area contributed by atoms with Crippen molar-refractivity contribution in [1.29, 1.82) is 0 Å². The second-order valence-corrected chi connectivity index (χ2v) is 7.35. The van der Waals surface area contributed by atoms with Crippen LogP contribution in [0.3, 0.4) is 0 Å². The first-order chi connectivity index (χ1) is 16.0. The first-order valence-corrected chi connectivity index (χ1v) is 10.7. The Morgan fingerprint density at radius 2 is 1.85 bits per heavy atom. The number of hydrogen-bond acceptors (Lipinski definition) is 6. The minimum atomic E-state index is -1.26. The van der Waals surface area contributed by atoms with E-state index in [0.29, 0.717) is 24.5 Å². The average Bonchev–Trinajstić information content (AvgIpc) is 3.51. The first kappa shape index (κ1) is 23.9. The molecular formula is C25H27NO7. The molecule has 1 aliphatic carbocycles. The van der Waals surface area contributed by atoms with Crippen LogP contribution in [0, 0.1) is 0 Å². The number of fused-ring (bicyclic) bond motifs is 1. The zero-order valence-corrected chi connectivity index (χ0v) is 18.2. The highest BCUT2D eigenvalue weighted by atomic mass is 16.7. The summed E-state index contributed by atoms with van der Waals surface area (Å²) in [6.07, 6.45) is 7.19. The number of hydrogen-bond donors (Lipinski definition) is 3. The van der Waals surface area contributed by atoms with Gasteiger partial charge < -0.3 is 29.7 Å². The van der Waals surface area contributed by atoms with Gasteiger partial charge in [-0.25, -0.2) is 9.59 Å². The lowest BCUT2D eigenvalue weighted by Gasteiger charge is -2.10. The summed E-state index contributed by atoms with van der Waals surface area (Å²) in [5, 5.41) is 19.1. The van der Waals surface area contributed by atoms with Crippen molar-refractivity contribution in [3.8, 4) is 17.2 Å². The van der Waals surface area contributed by atoms with Crippen LogP contribution in [0.25, 0.3) is 5.57 Å². The summed E-state index contributed by atoms with van der Waals surface area (Å²) in [5.41, 5.74) is 4.16. The van der Waals surface area contributed by atoms with E-state index in [2.05, 4.69) is 35.7 Å². The third-order valence-electron chi connectivity index (χ3n) is 4.93. The van der Waals surface area contributed by atoms with Crippen molar-refractivity contribution >= 4 is 17.5 Å². The van der Waals surface area contributed by atoms with Gasteiger partial charge in [0.25, 0.3) is 0 Å². The van der Waals surface area contributed by atoms with Crippen LogP contribution in [-0.2, 0) is 16.1 Å². The quantitative estimate of drug-likeness (QED) is 0.387. The van der Waals surface area contributed by atoms with E-state index in [1.807, 2.05) is 18.2 Å². The van der Waals surface area contributed by atoms with Crippen LogP contribution in [0.1, 0.15) is 30.4 Å². The van der Waals surface area contributed by atoms with Gasteiger partial charge in [-0.2, -0.15) is 0 Å². The van der Waals surface area contributed by atoms with Gasteiger partial charge in [0.2, 0.25) is 12.5 Å². The number of aliphatic carboxylic acids is 2. The van der Waals surface area contributed by atoms with Crippen molar-refractivity contribution in [1.82, 2.24) is 5.32 Å². The van der Waals surface area contributed by atoms with E-state index in [1.54, 1.807) is 0 Å². The van der Waals surface area contributed by atoms with Crippen molar-refractivity contribution in [2.24, 2.45) is 0 Å². The molecule has 0 spiro atoms. The molecule has 2 aromatic rings. The molecule has 8 heteroatoms.